The van der Waals surface area contributed by atoms with Crippen LogP contribution < -0.4 is 0 Å². The average Bonchev–Trinajstić information content (AvgIpc) is 1.96. The highest BCUT2D eigenvalue weighted by atomic mass is 28.3. The van der Waals surface area contributed by atoms with E-state index in [1.54, 1.807) is 0 Å². The van der Waals surface area contributed by atoms with Crippen LogP contribution in [0.3, 0.4) is 0 Å². The molecule has 0 saturated carbocycles. The molecule has 0 fully saturated rings. The van der Waals surface area contributed by atoms with Gasteiger partial charge in [0.1, 0.15) is 0 Å². The van der Waals surface area contributed by atoms with Crippen molar-refractivity contribution in [3.8, 4) is 0 Å². The molecule has 0 unspecified atom stereocenters. The third-order valence-corrected chi connectivity index (χ3v) is 17.4. The number of rotatable bonds is 5. The summed E-state index contributed by atoms with van der Waals surface area (Å²) >= 11 is 0. The zero-order valence-corrected chi connectivity index (χ0v) is 15.2. The Balaban J connectivity index is 4.74. The Morgan fingerprint density at radius 2 is 0.571 bits per heavy atom. The Morgan fingerprint density at radius 1 is 0.429 bits per heavy atom. The summed E-state index contributed by atoms with van der Waals surface area (Å²) in [5, 5.41) is 2.33. The normalized spacial score (nSPS) is 13.3. The highest BCUT2D eigenvalue weighted by Crippen LogP contribution is 2.35. The molecule has 0 atom stereocenters. The van der Waals surface area contributed by atoms with Crippen molar-refractivity contribution in [2.45, 2.75) is 62.7 Å². The van der Waals surface area contributed by atoms with Crippen LogP contribution >= 0.6 is 0 Å². The third-order valence-electron chi connectivity index (χ3n) is 2.82. The van der Waals surface area contributed by atoms with Gasteiger partial charge in [-0.1, -0.05) is 62.7 Å². The van der Waals surface area contributed by atoms with Crippen molar-refractivity contribution >= 4 is 35.2 Å². The van der Waals surface area contributed by atoms with Crippen molar-refractivity contribution in [1.29, 1.82) is 0 Å². The minimum Gasteiger partial charge on any atom is -0.0713 e. The van der Waals surface area contributed by atoms with Crippen molar-refractivity contribution in [1.82, 2.24) is 0 Å². The number of hydrogen-bond acceptors (Lipinski definition) is 0. The predicted molar refractivity (Wildman–Crippen MR) is 77.4 cm³/mol. The quantitative estimate of drug-likeness (QED) is 0.658. The van der Waals surface area contributed by atoms with Gasteiger partial charge in [-0.15, -0.1) is 0 Å². The lowest BCUT2D eigenvalue weighted by Gasteiger charge is -2.36. The van der Waals surface area contributed by atoms with Crippen LogP contribution in [0, 0.1) is 0 Å². The summed E-state index contributed by atoms with van der Waals surface area (Å²) in [5.41, 5.74) is 0. The first-order valence-electron chi connectivity index (χ1n) is 5.49. The predicted octanol–water partition coefficient (Wildman–Crippen LogP) is 3.82. The zero-order chi connectivity index (χ0) is 11.5. The summed E-state index contributed by atoms with van der Waals surface area (Å²) in [4.78, 5) is 0. The van der Waals surface area contributed by atoms with Gasteiger partial charge in [-0.2, -0.15) is 0 Å². The van der Waals surface area contributed by atoms with E-state index < -0.39 is 0 Å². The maximum atomic E-state index is 2.54. The highest BCUT2D eigenvalue weighted by Gasteiger charge is 2.33. The molecule has 0 aromatic rings. The zero-order valence-electron chi connectivity index (χ0n) is 11.2. The maximum absolute atomic E-state index is 2.54. The van der Waals surface area contributed by atoms with Gasteiger partial charge in [0.2, 0.25) is 0 Å². The summed E-state index contributed by atoms with van der Waals surface area (Å²) in [6.07, 6.45) is 0. The second-order valence-corrected chi connectivity index (χ2v) is 17.5. The monoisotopic (exact) mass is 258 g/mol. The maximum Gasteiger partial charge on any atom is 0.0412 e. The van der Waals surface area contributed by atoms with Crippen LogP contribution in [0.2, 0.25) is 62.7 Å². The van der Waals surface area contributed by atoms with Crippen LogP contribution in [0.5, 0.6) is 0 Å². The summed E-state index contributed by atoms with van der Waals surface area (Å²) in [6, 6.07) is 0. The molecule has 0 nitrogen and oxygen atoms in total. The van der Waals surface area contributed by atoms with Crippen LogP contribution in [0.1, 0.15) is 0 Å². The third kappa shape index (κ3) is 4.16. The van der Waals surface area contributed by atoms with E-state index in [-0.39, 0.29) is 35.2 Å². The molecular formula is C10H26Si4. The number of hydrogen-bond donors (Lipinski definition) is 0. The smallest absolute Gasteiger partial charge is 0.0412 e. The minimum atomic E-state index is -0.0643. The Bertz CT molecular complexity index is 120. The van der Waals surface area contributed by atoms with Gasteiger partial charge in [0.05, 0.1) is 0 Å². The van der Waals surface area contributed by atoms with E-state index in [0.29, 0.717) is 0 Å². The minimum absolute atomic E-state index is 0.0643. The molecule has 0 spiro atoms. The van der Waals surface area contributed by atoms with Gasteiger partial charge in [-0.3, -0.25) is 0 Å². The van der Waals surface area contributed by atoms with Crippen LogP contribution in [0.4, 0.5) is 0 Å². The Hall–Kier alpha value is 0.868. The van der Waals surface area contributed by atoms with Gasteiger partial charge in [0.15, 0.2) is 0 Å². The van der Waals surface area contributed by atoms with E-state index in [1.165, 1.54) is 0 Å². The summed E-state index contributed by atoms with van der Waals surface area (Å²) in [7, 11) is -0.257. The molecule has 82 valence electrons. The molecule has 0 aliphatic heterocycles. The molecule has 4 radical (unpaired) electrons. The Labute approximate surface area is 97.9 Å². The van der Waals surface area contributed by atoms with Gasteiger partial charge in [0, 0.05) is 35.2 Å². The van der Waals surface area contributed by atoms with Crippen molar-refractivity contribution in [2.75, 3.05) is 0 Å². The summed E-state index contributed by atoms with van der Waals surface area (Å²) in [5.74, 6) is 0. The molecule has 0 amide bonds. The van der Waals surface area contributed by atoms with Crippen LogP contribution in [0.25, 0.3) is 0 Å². The van der Waals surface area contributed by atoms with Crippen molar-refractivity contribution < 1.29 is 0 Å². The van der Waals surface area contributed by atoms with Crippen molar-refractivity contribution in [3.05, 3.63) is 0 Å². The van der Waals surface area contributed by atoms with Crippen LogP contribution in [-0.2, 0) is 0 Å². The average molecular weight is 259 g/mol. The lowest BCUT2D eigenvalue weighted by molar-refractivity contribution is 1.10. The molecule has 0 aromatic carbocycles. The lowest BCUT2D eigenvalue weighted by Crippen LogP contribution is -2.39. The Morgan fingerprint density at radius 3 is 0.643 bits per heavy atom. The summed E-state index contributed by atoms with van der Waals surface area (Å²) < 4.78 is 0. The second kappa shape index (κ2) is 6.45. The van der Waals surface area contributed by atoms with Gasteiger partial charge < -0.3 is 0 Å². The topological polar surface area (TPSA) is 0 Å². The molecule has 14 heavy (non-hydrogen) atoms. The van der Waals surface area contributed by atoms with Gasteiger partial charge in [-0.25, -0.2) is 0 Å². The first-order chi connectivity index (χ1) is 6.29. The van der Waals surface area contributed by atoms with Gasteiger partial charge in [0.25, 0.3) is 0 Å². The standard InChI is InChI=1S/C10H26Si4/c1-11(2)9(12(3)4)10(13(5)6)14(7)8/h9-10H,1-8H3. The van der Waals surface area contributed by atoms with E-state index in [1.807, 2.05) is 0 Å². The molecule has 0 heterocycles. The van der Waals surface area contributed by atoms with E-state index in [0.717, 1.165) is 10.3 Å². The second-order valence-electron chi connectivity index (χ2n) is 5.26. The molecule has 0 bridgehead atoms. The van der Waals surface area contributed by atoms with Crippen LogP contribution in [-0.4, -0.2) is 35.2 Å². The highest BCUT2D eigenvalue weighted by molar-refractivity contribution is 6.87. The molecule has 0 aromatic heterocycles. The molecule has 0 N–H and O–H groups in total. The fraction of sp³-hybridized carbons (Fsp3) is 1.00. The van der Waals surface area contributed by atoms with Crippen molar-refractivity contribution in [2.24, 2.45) is 0 Å². The largest absolute Gasteiger partial charge is 0.0713 e. The van der Waals surface area contributed by atoms with Crippen molar-refractivity contribution in [3.63, 3.8) is 0 Å². The van der Waals surface area contributed by atoms with E-state index in [9.17, 15) is 0 Å². The molecule has 0 aliphatic carbocycles. The molecule has 0 saturated heterocycles. The van der Waals surface area contributed by atoms with E-state index >= 15 is 0 Å². The molecular weight excluding hydrogens is 232 g/mol. The molecule has 0 rings (SSSR count). The first-order valence-corrected chi connectivity index (χ1v) is 15.8. The fourth-order valence-corrected chi connectivity index (χ4v) is 22.4. The van der Waals surface area contributed by atoms with Crippen LogP contribution in [0.15, 0.2) is 0 Å². The molecule has 4 heteroatoms. The van der Waals surface area contributed by atoms with Gasteiger partial charge >= 0.3 is 0 Å². The molecule has 0 aliphatic rings. The van der Waals surface area contributed by atoms with Gasteiger partial charge in [-0.05, 0) is 0 Å². The lowest BCUT2D eigenvalue weighted by atomic mass is 10.9. The van der Waals surface area contributed by atoms with E-state index in [4.69, 9.17) is 0 Å². The SMILES string of the molecule is C[Si](C)C(C([Si](C)C)[Si](C)C)[Si](C)C. The summed E-state index contributed by atoms with van der Waals surface area (Å²) in [6.45, 7) is 20.3. The first kappa shape index (κ1) is 14.9. The van der Waals surface area contributed by atoms with E-state index in [2.05, 4.69) is 52.4 Å². The Kier molecular flexibility index (Phi) is 6.85. The fourth-order valence-electron chi connectivity index (χ4n) is 2.49.